The molecular formula is C14H14BrNO2S2. The summed E-state index contributed by atoms with van der Waals surface area (Å²) in [6.45, 7) is 1.92. The lowest BCUT2D eigenvalue weighted by atomic mass is 10.2. The number of hydrogen-bond donors (Lipinski definition) is 0. The molecule has 0 heterocycles. The van der Waals surface area contributed by atoms with Crippen LogP contribution < -0.4 is 0 Å². The van der Waals surface area contributed by atoms with Gasteiger partial charge >= 0.3 is 0 Å². The van der Waals surface area contributed by atoms with Crippen LogP contribution in [0.1, 0.15) is 5.56 Å². The highest BCUT2D eigenvalue weighted by Crippen LogP contribution is 2.22. The molecule has 6 heteroatoms. The van der Waals surface area contributed by atoms with E-state index in [1.165, 1.54) is 0 Å². The maximum atomic E-state index is 12.3. The van der Waals surface area contributed by atoms with E-state index >= 15 is 0 Å². The first-order chi connectivity index (χ1) is 9.40. The minimum Gasteiger partial charge on any atom is -0.199 e. The largest absolute Gasteiger partial charge is 0.288 e. The molecule has 0 fully saturated rings. The number of aryl methyl sites for hydroxylation is 1. The molecule has 0 spiro atoms. The van der Waals surface area contributed by atoms with Crippen LogP contribution in [0.25, 0.3) is 0 Å². The second kappa shape index (κ2) is 6.20. The second-order valence-corrected chi connectivity index (χ2v) is 8.54. The Labute approximate surface area is 130 Å². The highest BCUT2D eigenvalue weighted by molar-refractivity contribution is 9.10. The monoisotopic (exact) mass is 371 g/mol. The summed E-state index contributed by atoms with van der Waals surface area (Å²) in [6.07, 6.45) is 1.80. The summed E-state index contributed by atoms with van der Waals surface area (Å²) in [5.74, 6) is 0. The first-order valence-electron chi connectivity index (χ1n) is 5.85. The molecule has 2 aromatic carbocycles. The summed E-state index contributed by atoms with van der Waals surface area (Å²) in [5, 5.41) is 0. The van der Waals surface area contributed by atoms with E-state index in [1.54, 1.807) is 30.5 Å². The van der Waals surface area contributed by atoms with E-state index in [9.17, 15) is 8.42 Å². The van der Waals surface area contributed by atoms with Gasteiger partial charge in [-0.25, -0.2) is 0 Å². The molecule has 3 nitrogen and oxygen atoms in total. The first-order valence-corrected chi connectivity index (χ1v) is 9.68. The van der Waals surface area contributed by atoms with E-state index in [2.05, 4.69) is 19.7 Å². The number of halogens is 1. The molecule has 2 aromatic rings. The van der Waals surface area contributed by atoms with Crippen LogP contribution in [-0.2, 0) is 20.7 Å². The summed E-state index contributed by atoms with van der Waals surface area (Å²) in [4.78, 5) is 1.11. The van der Waals surface area contributed by atoms with Gasteiger partial charge in [-0.2, -0.15) is 8.42 Å². The summed E-state index contributed by atoms with van der Waals surface area (Å²) >= 11 is 3.42. The highest BCUT2D eigenvalue weighted by atomic mass is 79.9. The third-order valence-electron chi connectivity index (χ3n) is 2.68. The zero-order chi connectivity index (χ0) is 14.8. The Morgan fingerprint density at radius 2 is 1.65 bits per heavy atom. The van der Waals surface area contributed by atoms with Gasteiger partial charge in [0.25, 0.3) is 10.0 Å². The summed E-state index contributed by atoms with van der Waals surface area (Å²) in [6, 6.07) is 14.2. The van der Waals surface area contributed by atoms with Crippen LogP contribution in [-0.4, -0.2) is 14.7 Å². The lowest BCUT2D eigenvalue weighted by Gasteiger charge is -2.05. The molecule has 2 rings (SSSR count). The van der Waals surface area contributed by atoms with Gasteiger partial charge in [-0.1, -0.05) is 40.5 Å². The Hall–Kier alpha value is -0.980. The maximum Gasteiger partial charge on any atom is 0.288 e. The van der Waals surface area contributed by atoms with Crippen molar-refractivity contribution >= 4 is 36.6 Å². The van der Waals surface area contributed by atoms with Gasteiger partial charge in [-0.3, -0.25) is 0 Å². The third kappa shape index (κ3) is 3.56. The smallest absolute Gasteiger partial charge is 0.199 e. The van der Waals surface area contributed by atoms with E-state index < -0.39 is 20.7 Å². The van der Waals surface area contributed by atoms with E-state index in [0.717, 1.165) is 14.9 Å². The third-order valence-corrected chi connectivity index (χ3v) is 7.18. The van der Waals surface area contributed by atoms with Crippen LogP contribution in [0, 0.1) is 6.92 Å². The van der Waals surface area contributed by atoms with Gasteiger partial charge in [0.1, 0.15) is 0 Å². The van der Waals surface area contributed by atoms with Crippen molar-refractivity contribution < 1.29 is 8.42 Å². The standard InChI is InChI=1S/C14H14BrNO2S2/c1-11-7-9-12(10-8-11)20(17,18)16-19(2)14-6-4-3-5-13(14)15/h3-10H,1-2H3. The van der Waals surface area contributed by atoms with Crippen LogP contribution in [0.15, 0.2) is 66.6 Å². The molecule has 1 atom stereocenters. The van der Waals surface area contributed by atoms with Gasteiger partial charge in [0, 0.05) is 9.37 Å². The molecule has 0 amide bonds. The molecule has 0 radical (unpaired) electrons. The molecule has 0 bridgehead atoms. The quantitative estimate of drug-likeness (QED) is 0.820. The topological polar surface area (TPSA) is 46.5 Å². The average Bonchev–Trinajstić information content (AvgIpc) is 2.39. The SMILES string of the molecule is Cc1ccc(S(=O)(=O)/N=S(\C)c2ccccc2Br)cc1. The minimum absolute atomic E-state index is 0.231. The first kappa shape index (κ1) is 15.4. The average molecular weight is 372 g/mol. The van der Waals surface area contributed by atoms with Crippen molar-refractivity contribution in [3.05, 3.63) is 58.6 Å². The van der Waals surface area contributed by atoms with Gasteiger partial charge in [-0.15, -0.1) is 3.77 Å². The molecule has 20 heavy (non-hydrogen) atoms. The van der Waals surface area contributed by atoms with Gasteiger partial charge < -0.3 is 0 Å². The molecule has 0 aromatic heterocycles. The van der Waals surface area contributed by atoms with Crippen molar-refractivity contribution in [2.75, 3.05) is 6.26 Å². The Morgan fingerprint density at radius 3 is 2.25 bits per heavy atom. The summed E-state index contributed by atoms with van der Waals surface area (Å²) in [5.41, 5.74) is 1.02. The van der Waals surface area contributed by atoms with Crippen LogP contribution in [0.2, 0.25) is 0 Å². The van der Waals surface area contributed by atoms with Crippen molar-refractivity contribution in [2.24, 2.45) is 3.77 Å². The fourth-order valence-corrected chi connectivity index (χ4v) is 5.56. The van der Waals surface area contributed by atoms with E-state index in [1.807, 2.05) is 31.2 Å². The summed E-state index contributed by atoms with van der Waals surface area (Å²) < 4.78 is 29.4. The molecule has 0 N–H and O–H groups in total. The molecule has 0 aliphatic rings. The van der Waals surface area contributed by atoms with Crippen molar-refractivity contribution in [3.8, 4) is 0 Å². The molecular weight excluding hydrogens is 358 g/mol. The maximum absolute atomic E-state index is 12.3. The van der Waals surface area contributed by atoms with Gasteiger partial charge in [-0.05, 0) is 53.4 Å². The van der Waals surface area contributed by atoms with E-state index in [4.69, 9.17) is 0 Å². The predicted molar refractivity (Wildman–Crippen MR) is 86.5 cm³/mol. The van der Waals surface area contributed by atoms with Crippen LogP contribution in [0.3, 0.4) is 0 Å². The lowest BCUT2D eigenvalue weighted by molar-refractivity contribution is 0.598. The van der Waals surface area contributed by atoms with Crippen molar-refractivity contribution in [2.45, 2.75) is 16.7 Å². The zero-order valence-corrected chi connectivity index (χ0v) is 14.3. The van der Waals surface area contributed by atoms with E-state index in [0.29, 0.717) is 0 Å². The fraction of sp³-hybridized carbons (Fsp3) is 0.143. The molecule has 0 aliphatic heterocycles. The Morgan fingerprint density at radius 1 is 1.05 bits per heavy atom. The Bertz CT molecular complexity index is 753. The van der Waals surface area contributed by atoms with Crippen LogP contribution in [0.4, 0.5) is 0 Å². The number of hydrogen-bond acceptors (Lipinski definition) is 2. The van der Waals surface area contributed by atoms with E-state index in [-0.39, 0.29) is 4.90 Å². The van der Waals surface area contributed by atoms with Gasteiger partial charge in [0.2, 0.25) is 0 Å². The number of benzene rings is 2. The van der Waals surface area contributed by atoms with Crippen molar-refractivity contribution in [3.63, 3.8) is 0 Å². The second-order valence-electron chi connectivity index (χ2n) is 4.27. The molecule has 0 saturated heterocycles. The fourth-order valence-electron chi connectivity index (χ4n) is 1.62. The summed E-state index contributed by atoms with van der Waals surface area (Å²) in [7, 11) is -4.35. The van der Waals surface area contributed by atoms with Crippen molar-refractivity contribution in [1.29, 1.82) is 0 Å². The molecule has 0 aliphatic carbocycles. The highest BCUT2D eigenvalue weighted by Gasteiger charge is 2.13. The predicted octanol–water partition coefficient (Wildman–Crippen LogP) is 3.94. The van der Waals surface area contributed by atoms with Crippen LogP contribution >= 0.6 is 15.9 Å². The van der Waals surface area contributed by atoms with Crippen LogP contribution in [0.5, 0.6) is 0 Å². The molecule has 106 valence electrons. The Kier molecular flexibility index (Phi) is 4.78. The number of sulfonamides is 1. The zero-order valence-electron chi connectivity index (χ0n) is 11.1. The normalized spacial score (nSPS) is 13.3. The number of nitrogens with zero attached hydrogens (tertiary/aromatic N) is 1. The molecule has 0 saturated carbocycles. The van der Waals surface area contributed by atoms with Gasteiger partial charge in [0.05, 0.1) is 4.90 Å². The number of rotatable bonds is 3. The Balaban J connectivity index is 2.43. The van der Waals surface area contributed by atoms with Crippen molar-refractivity contribution in [1.82, 2.24) is 0 Å². The minimum atomic E-state index is -3.62. The van der Waals surface area contributed by atoms with Gasteiger partial charge in [0.15, 0.2) is 0 Å². The molecule has 1 unspecified atom stereocenters. The lowest BCUT2D eigenvalue weighted by Crippen LogP contribution is -2.00.